The molecule has 3 aromatic carbocycles. The highest BCUT2D eigenvalue weighted by Gasteiger charge is 2.55. The first-order valence-electron chi connectivity index (χ1n) is 10.4. The lowest BCUT2D eigenvalue weighted by atomic mass is 9.73. The van der Waals surface area contributed by atoms with Crippen molar-refractivity contribution in [2.24, 2.45) is 0 Å². The van der Waals surface area contributed by atoms with Crippen molar-refractivity contribution < 1.29 is 13.2 Å². The molecule has 0 saturated carbocycles. The second kappa shape index (κ2) is 7.24. The maximum Gasteiger partial charge on any atom is 0.334 e. The van der Waals surface area contributed by atoms with Gasteiger partial charge in [0.05, 0.1) is 17.5 Å². The number of sulfonamides is 1. The molecule has 0 spiro atoms. The van der Waals surface area contributed by atoms with Crippen LogP contribution in [0, 0.1) is 6.92 Å². The van der Waals surface area contributed by atoms with Gasteiger partial charge in [0.15, 0.2) is 0 Å². The van der Waals surface area contributed by atoms with E-state index in [0.29, 0.717) is 13.0 Å². The van der Waals surface area contributed by atoms with Crippen molar-refractivity contribution in [1.29, 1.82) is 0 Å². The smallest absolute Gasteiger partial charge is 0.318 e. The van der Waals surface area contributed by atoms with Crippen LogP contribution >= 0.6 is 0 Å². The molecule has 2 fully saturated rings. The SMILES string of the molecule is Cc1ccc(S(=O)(=O)N2CC3CC(c4ccccc4)(c4ccccc4)CN3C2=O)cc1. The maximum absolute atomic E-state index is 13.3. The van der Waals surface area contributed by atoms with E-state index in [1.54, 1.807) is 29.2 Å². The fourth-order valence-electron chi connectivity index (χ4n) is 4.93. The summed E-state index contributed by atoms with van der Waals surface area (Å²) in [5.41, 5.74) is 2.93. The quantitative estimate of drug-likeness (QED) is 0.621. The van der Waals surface area contributed by atoms with E-state index in [4.69, 9.17) is 0 Å². The third-order valence-electron chi connectivity index (χ3n) is 6.56. The highest BCUT2D eigenvalue weighted by molar-refractivity contribution is 7.89. The van der Waals surface area contributed by atoms with Crippen LogP contribution in [0.25, 0.3) is 0 Å². The number of benzene rings is 3. The summed E-state index contributed by atoms with van der Waals surface area (Å²) < 4.78 is 27.4. The number of aryl methyl sites for hydroxylation is 1. The molecule has 3 aromatic rings. The van der Waals surface area contributed by atoms with Crippen molar-refractivity contribution in [2.75, 3.05) is 13.1 Å². The molecule has 2 heterocycles. The van der Waals surface area contributed by atoms with Crippen molar-refractivity contribution in [1.82, 2.24) is 9.21 Å². The van der Waals surface area contributed by atoms with E-state index in [0.717, 1.165) is 21.0 Å². The molecule has 1 unspecified atom stereocenters. The van der Waals surface area contributed by atoms with E-state index < -0.39 is 16.1 Å². The van der Waals surface area contributed by atoms with Gasteiger partial charge in [0.25, 0.3) is 10.0 Å². The molecule has 5 nitrogen and oxygen atoms in total. The number of carbonyl (C=O) groups excluding carboxylic acids is 1. The van der Waals surface area contributed by atoms with Crippen molar-refractivity contribution in [3.63, 3.8) is 0 Å². The minimum Gasteiger partial charge on any atom is -0.318 e. The normalized spacial score (nSPS) is 20.2. The molecular weight excluding hydrogens is 408 g/mol. The van der Waals surface area contributed by atoms with Gasteiger partial charge < -0.3 is 4.90 Å². The molecule has 2 amide bonds. The lowest BCUT2D eigenvalue weighted by Gasteiger charge is -2.32. The van der Waals surface area contributed by atoms with E-state index in [9.17, 15) is 13.2 Å². The largest absolute Gasteiger partial charge is 0.334 e. The predicted octanol–water partition coefficient (Wildman–Crippen LogP) is 4.18. The van der Waals surface area contributed by atoms with Crippen molar-refractivity contribution in [3.05, 3.63) is 102 Å². The maximum atomic E-state index is 13.3. The number of rotatable bonds is 4. The Bertz CT molecular complexity index is 1170. The number of hydrogen-bond donors (Lipinski definition) is 0. The van der Waals surface area contributed by atoms with Crippen LogP contribution in [0.1, 0.15) is 23.1 Å². The summed E-state index contributed by atoms with van der Waals surface area (Å²) in [5.74, 6) is 0. The zero-order chi connectivity index (χ0) is 21.6. The number of urea groups is 1. The van der Waals surface area contributed by atoms with Gasteiger partial charge in [0, 0.05) is 12.0 Å². The summed E-state index contributed by atoms with van der Waals surface area (Å²) in [6, 6.07) is 26.5. The first kappa shape index (κ1) is 19.8. The molecular formula is C25H24N2O3S. The van der Waals surface area contributed by atoms with Crippen LogP contribution in [-0.4, -0.2) is 42.8 Å². The van der Waals surface area contributed by atoms with Crippen LogP contribution in [0.3, 0.4) is 0 Å². The Morgan fingerprint density at radius 1 is 0.839 bits per heavy atom. The Morgan fingerprint density at radius 3 is 1.90 bits per heavy atom. The van der Waals surface area contributed by atoms with Crippen molar-refractivity contribution in [3.8, 4) is 0 Å². The van der Waals surface area contributed by atoms with Gasteiger partial charge >= 0.3 is 6.03 Å². The predicted molar refractivity (Wildman–Crippen MR) is 119 cm³/mol. The molecule has 0 radical (unpaired) electrons. The fourth-order valence-corrected chi connectivity index (χ4v) is 6.35. The number of carbonyl (C=O) groups is 1. The highest BCUT2D eigenvalue weighted by Crippen LogP contribution is 2.46. The van der Waals surface area contributed by atoms with Gasteiger partial charge in [0.2, 0.25) is 0 Å². The van der Waals surface area contributed by atoms with Crippen molar-refractivity contribution >= 4 is 16.1 Å². The number of nitrogens with zero attached hydrogens (tertiary/aromatic N) is 2. The first-order chi connectivity index (χ1) is 14.9. The Morgan fingerprint density at radius 2 is 1.39 bits per heavy atom. The molecule has 5 rings (SSSR count). The van der Waals surface area contributed by atoms with Gasteiger partial charge in [-0.25, -0.2) is 17.5 Å². The van der Waals surface area contributed by atoms with E-state index in [2.05, 4.69) is 24.3 Å². The number of hydrogen-bond acceptors (Lipinski definition) is 3. The lowest BCUT2D eigenvalue weighted by Crippen LogP contribution is -2.40. The molecule has 0 aromatic heterocycles. The molecule has 0 aliphatic carbocycles. The Hall–Kier alpha value is -3.12. The molecule has 31 heavy (non-hydrogen) atoms. The second-order valence-electron chi connectivity index (χ2n) is 8.43. The average Bonchev–Trinajstić information content (AvgIpc) is 3.33. The zero-order valence-corrected chi connectivity index (χ0v) is 18.1. The molecule has 158 valence electrons. The monoisotopic (exact) mass is 432 g/mol. The molecule has 6 heteroatoms. The Balaban J connectivity index is 1.50. The Kier molecular flexibility index (Phi) is 4.63. The standard InChI is InChI=1S/C25H24N2O3S/c1-19-12-14-23(15-13-19)31(29,30)27-17-22-16-25(18-26(22)24(27)28,20-8-4-2-5-9-20)21-10-6-3-7-11-21/h2-15,22H,16-18H2,1H3. The third kappa shape index (κ3) is 3.13. The van der Waals surface area contributed by atoms with Crippen molar-refractivity contribution in [2.45, 2.75) is 29.7 Å². The van der Waals surface area contributed by atoms with Crippen LogP contribution in [-0.2, 0) is 15.4 Å². The van der Waals surface area contributed by atoms with Crippen LogP contribution in [0.15, 0.2) is 89.8 Å². The molecule has 2 aliphatic rings. The zero-order valence-electron chi connectivity index (χ0n) is 17.3. The minimum atomic E-state index is -3.87. The van der Waals surface area contributed by atoms with Gasteiger partial charge in [-0.2, -0.15) is 0 Å². The van der Waals surface area contributed by atoms with Gasteiger partial charge in [-0.15, -0.1) is 0 Å². The summed E-state index contributed by atoms with van der Waals surface area (Å²) in [6.45, 7) is 2.54. The summed E-state index contributed by atoms with van der Waals surface area (Å²) in [6.07, 6.45) is 0.687. The summed E-state index contributed by atoms with van der Waals surface area (Å²) in [5, 5.41) is 0. The van der Waals surface area contributed by atoms with Crippen LogP contribution in [0.5, 0.6) is 0 Å². The van der Waals surface area contributed by atoms with Gasteiger partial charge in [-0.1, -0.05) is 78.4 Å². The van der Waals surface area contributed by atoms with Gasteiger partial charge in [0.1, 0.15) is 0 Å². The molecule has 2 saturated heterocycles. The summed E-state index contributed by atoms with van der Waals surface area (Å²) >= 11 is 0. The first-order valence-corrected chi connectivity index (χ1v) is 11.9. The second-order valence-corrected chi connectivity index (χ2v) is 10.3. The topological polar surface area (TPSA) is 57.7 Å². The number of fused-ring (bicyclic) bond motifs is 1. The lowest BCUT2D eigenvalue weighted by molar-refractivity contribution is 0.205. The molecule has 0 bridgehead atoms. The van der Waals surface area contributed by atoms with E-state index in [1.807, 2.05) is 43.3 Å². The number of amides is 2. The highest BCUT2D eigenvalue weighted by atomic mass is 32.2. The molecule has 0 N–H and O–H groups in total. The van der Waals surface area contributed by atoms with E-state index in [-0.39, 0.29) is 22.9 Å². The van der Waals surface area contributed by atoms with Crippen LogP contribution in [0.4, 0.5) is 4.79 Å². The Labute approximate surface area is 183 Å². The van der Waals surface area contributed by atoms with Gasteiger partial charge in [-0.05, 0) is 36.6 Å². The van der Waals surface area contributed by atoms with Gasteiger partial charge in [-0.3, -0.25) is 0 Å². The third-order valence-corrected chi connectivity index (χ3v) is 8.32. The fraction of sp³-hybridized carbons (Fsp3) is 0.240. The van der Waals surface area contributed by atoms with E-state index in [1.165, 1.54) is 0 Å². The summed E-state index contributed by atoms with van der Waals surface area (Å²) in [7, 11) is -3.87. The molecule has 1 atom stereocenters. The van der Waals surface area contributed by atoms with E-state index >= 15 is 0 Å². The minimum absolute atomic E-state index is 0.157. The van der Waals surface area contributed by atoms with Crippen LogP contribution < -0.4 is 0 Å². The average molecular weight is 433 g/mol. The van der Waals surface area contributed by atoms with Crippen LogP contribution in [0.2, 0.25) is 0 Å². The summed E-state index contributed by atoms with van der Waals surface area (Å²) in [4.78, 5) is 15.2. The molecule has 2 aliphatic heterocycles.